The molecule has 0 radical (unpaired) electrons. The third-order valence-electron chi connectivity index (χ3n) is 2.44. The van der Waals surface area contributed by atoms with Crippen molar-refractivity contribution in [3.63, 3.8) is 0 Å². The summed E-state index contributed by atoms with van der Waals surface area (Å²) in [5.41, 5.74) is 0.825. The van der Waals surface area contributed by atoms with Crippen LogP contribution in [0.15, 0.2) is 36.7 Å². The Morgan fingerprint density at radius 2 is 2.18 bits per heavy atom. The van der Waals surface area contributed by atoms with Crippen molar-refractivity contribution >= 4 is 22.8 Å². The number of benzene rings is 1. The van der Waals surface area contributed by atoms with Gasteiger partial charge in [-0.3, -0.25) is 4.98 Å². The van der Waals surface area contributed by atoms with Crippen molar-refractivity contribution in [1.29, 1.82) is 0 Å². The Morgan fingerprint density at radius 3 is 2.88 bits per heavy atom. The van der Waals surface area contributed by atoms with Gasteiger partial charge >= 0.3 is 5.97 Å². The second-order valence-electron chi connectivity index (χ2n) is 3.45. The molecule has 0 fully saturated rings. The number of nitrogens with zero attached hydrogens (tertiary/aromatic N) is 1. The molecule has 1 aromatic carbocycles. The highest BCUT2D eigenvalue weighted by molar-refractivity contribution is 5.96. The van der Waals surface area contributed by atoms with E-state index in [0.717, 1.165) is 28.2 Å². The molecule has 0 unspecified atom stereocenters. The molecule has 0 atom stereocenters. The zero-order valence-electron chi connectivity index (χ0n) is 9.25. The fraction of sp³-hybridized carbons (Fsp3) is 0.0769. The molecule has 0 saturated heterocycles. The largest absolute Gasteiger partial charge is 0.496 e. The average Bonchev–Trinajstić information content (AvgIpc) is 2.35. The summed E-state index contributed by atoms with van der Waals surface area (Å²) in [5, 5.41) is 10.4. The zero-order valence-corrected chi connectivity index (χ0v) is 9.25. The summed E-state index contributed by atoms with van der Waals surface area (Å²) in [5.74, 6) is -0.247. The third-order valence-corrected chi connectivity index (χ3v) is 2.44. The van der Waals surface area contributed by atoms with Crippen LogP contribution in [0.2, 0.25) is 0 Å². The average molecular weight is 229 g/mol. The number of aliphatic carboxylic acids is 1. The molecule has 0 aliphatic heterocycles. The van der Waals surface area contributed by atoms with Gasteiger partial charge in [-0.1, -0.05) is 6.07 Å². The summed E-state index contributed by atoms with van der Waals surface area (Å²) in [6.07, 6.45) is 6.04. The Balaban J connectivity index is 2.62. The van der Waals surface area contributed by atoms with Crippen molar-refractivity contribution in [2.45, 2.75) is 0 Å². The molecule has 1 heterocycles. The monoisotopic (exact) mass is 229 g/mol. The van der Waals surface area contributed by atoms with Crippen molar-refractivity contribution in [3.8, 4) is 5.75 Å². The number of hydrogen-bond donors (Lipinski definition) is 1. The van der Waals surface area contributed by atoms with Crippen molar-refractivity contribution in [3.05, 3.63) is 42.2 Å². The summed E-state index contributed by atoms with van der Waals surface area (Å²) >= 11 is 0. The zero-order chi connectivity index (χ0) is 12.3. The molecule has 0 aliphatic rings. The van der Waals surface area contributed by atoms with E-state index >= 15 is 0 Å². The maximum Gasteiger partial charge on any atom is 0.328 e. The molecule has 4 nitrogen and oxygen atoms in total. The summed E-state index contributed by atoms with van der Waals surface area (Å²) in [4.78, 5) is 14.5. The normalized spacial score (nSPS) is 10.9. The van der Waals surface area contributed by atoms with E-state index in [1.54, 1.807) is 31.6 Å². The lowest BCUT2D eigenvalue weighted by molar-refractivity contribution is -0.131. The van der Waals surface area contributed by atoms with E-state index in [0.29, 0.717) is 0 Å². The third kappa shape index (κ3) is 2.25. The first-order chi connectivity index (χ1) is 8.22. The minimum Gasteiger partial charge on any atom is -0.496 e. The molecule has 1 aromatic heterocycles. The second-order valence-corrected chi connectivity index (χ2v) is 3.45. The van der Waals surface area contributed by atoms with Gasteiger partial charge < -0.3 is 9.84 Å². The Hall–Kier alpha value is -2.36. The lowest BCUT2D eigenvalue weighted by Crippen LogP contribution is -1.89. The van der Waals surface area contributed by atoms with Crippen LogP contribution in [-0.4, -0.2) is 23.2 Å². The van der Waals surface area contributed by atoms with Crippen LogP contribution in [0.3, 0.4) is 0 Å². The molecule has 86 valence electrons. The van der Waals surface area contributed by atoms with Crippen molar-refractivity contribution in [2.75, 3.05) is 7.11 Å². The van der Waals surface area contributed by atoms with Gasteiger partial charge in [0.1, 0.15) is 5.75 Å². The van der Waals surface area contributed by atoms with E-state index in [4.69, 9.17) is 9.84 Å². The maximum atomic E-state index is 10.5. The highest BCUT2D eigenvalue weighted by Crippen LogP contribution is 2.28. The highest BCUT2D eigenvalue weighted by atomic mass is 16.5. The first-order valence-corrected chi connectivity index (χ1v) is 5.04. The van der Waals surface area contributed by atoms with E-state index in [9.17, 15) is 4.79 Å². The number of rotatable bonds is 3. The Morgan fingerprint density at radius 1 is 1.35 bits per heavy atom. The predicted molar refractivity (Wildman–Crippen MR) is 65.0 cm³/mol. The first kappa shape index (κ1) is 11.1. The van der Waals surface area contributed by atoms with Gasteiger partial charge in [-0.05, 0) is 29.2 Å². The summed E-state index contributed by atoms with van der Waals surface area (Å²) in [6.45, 7) is 0. The lowest BCUT2D eigenvalue weighted by Gasteiger charge is -2.07. The van der Waals surface area contributed by atoms with Crippen LogP contribution in [0, 0.1) is 0 Å². The number of methoxy groups -OCH3 is 1. The molecule has 4 heteroatoms. The van der Waals surface area contributed by atoms with Crippen molar-refractivity contribution in [1.82, 2.24) is 4.98 Å². The van der Waals surface area contributed by atoms with E-state index in [-0.39, 0.29) is 0 Å². The Bertz CT molecular complexity index is 590. The molecule has 0 saturated carbocycles. The number of aromatic nitrogens is 1. The number of ether oxygens (including phenoxy) is 1. The van der Waals surface area contributed by atoms with E-state index in [1.165, 1.54) is 0 Å². The Kier molecular flexibility index (Phi) is 3.05. The quantitative estimate of drug-likeness (QED) is 0.820. The van der Waals surface area contributed by atoms with Crippen LogP contribution in [0.1, 0.15) is 5.56 Å². The molecule has 0 bridgehead atoms. The van der Waals surface area contributed by atoms with Gasteiger partial charge in [0.25, 0.3) is 0 Å². The van der Waals surface area contributed by atoms with Gasteiger partial charge in [-0.2, -0.15) is 0 Å². The minimum atomic E-state index is -0.969. The smallest absolute Gasteiger partial charge is 0.328 e. The van der Waals surface area contributed by atoms with Crippen molar-refractivity contribution in [2.24, 2.45) is 0 Å². The summed E-state index contributed by atoms with van der Waals surface area (Å²) < 4.78 is 5.23. The van der Waals surface area contributed by atoms with Crippen molar-refractivity contribution < 1.29 is 14.6 Å². The Labute approximate surface area is 98.2 Å². The lowest BCUT2D eigenvalue weighted by atomic mass is 10.1. The van der Waals surface area contributed by atoms with Gasteiger partial charge in [-0.15, -0.1) is 0 Å². The molecule has 17 heavy (non-hydrogen) atoms. The van der Waals surface area contributed by atoms with Gasteiger partial charge in [0.2, 0.25) is 0 Å². The maximum absolute atomic E-state index is 10.5. The number of carboxylic acids is 1. The molecular formula is C13H11NO3. The number of carboxylic acid groups (broad SMARTS) is 1. The van der Waals surface area contributed by atoms with Crippen LogP contribution < -0.4 is 4.74 Å². The number of hydrogen-bond acceptors (Lipinski definition) is 3. The van der Waals surface area contributed by atoms with Gasteiger partial charge in [-0.25, -0.2) is 4.79 Å². The van der Waals surface area contributed by atoms with E-state index in [1.807, 2.05) is 12.1 Å². The number of pyridine rings is 1. The molecule has 0 spiro atoms. The van der Waals surface area contributed by atoms with E-state index in [2.05, 4.69) is 4.98 Å². The summed E-state index contributed by atoms with van der Waals surface area (Å²) in [7, 11) is 1.59. The van der Waals surface area contributed by atoms with Gasteiger partial charge in [0.05, 0.1) is 7.11 Å². The fourth-order valence-corrected chi connectivity index (χ4v) is 1.67. The van der Waals surface area contributed by atoms with Crippen LogP contribution in [0.4, 0.5) is 0 Å². The molecular weight excluding hydrogens is 218 g/mol. The van der Waals surface area contributed by atoms with Crippen LogP contribution in [-0.2, 0) is 4.79 Å². The van der Waals surface area contributed by atoms with E-state index < -0.39 is 5.97 Å². The molecule has 2 aromatic rings. The number of carbonyl (C=O) groups is 1. The molecule has 0 aliphatic carbocycles. The van der Waals surface area contributed by atoms with Gasteiger partial charge in [0, 0.05) is 23.9 Å². The minimum absolute atomic E-state index is 0.723. The fourth-order valence-electron chi connectivity index (χ4n) is 1.67. The second kappa shape index (κ2) is 4.65. The number of fused-ring (bicyclic) bond motifs is 1. The molecule has 2 rings (SSSR count). The van der Waals surface area contributed by atoms with Crippen LogP contribution in [0.5, 0.6) is 5.75 Å². The van der Waals surface area contributed by atoms with Gasteiger partial charge in [0.15, 0.2) is 0 Å². The molecule has 1 N–H and O–H groups in total. The topological polar surface area (TPSA) is 59.4 Å². The molecule has 0 amide bonds. The van der Waals surface area contributed by atoms with Crippen LogP contribution in [0.25, 0.3) is 16.8 Å². The highest BCUT2D eigenvalue weighted by Gasteiger charge is 2.04. The SMILES string of the molecule is COc1ccc(/C=C/C(=O)O)c2ccncc12. The standard InChI is InChI=1S/C13H11NO3/c1-17-12-4-2-9(3-5-13(15)16)10-6-7-14-8-11(10)12/h2-8H,1H3,(H,15,16)/b5-3+. The van der Waals surface area contributed by atoms with Crippen LogP contribution >= 0.6 is 0 Å². The summed E-state index contributed by atoms with van der Waals surface area (Å²) in [6, 6.07) is 5.45. The predicted octanol–water partition coefficient (Wildman–Crippen LogP) is 2.34. The first-order valence-electron chi connectivity index (χ1n) is 5.04.